The molecule has 7 heteroatoms. The molecular weight excluding hydrogens is 396 g/mol. The second-order valence-corrected chi connectivity index (χ2v) is 8.58. The third-order valence-electron chi connectivity index (χ3n) is 4.67. The third kappa shape index (κ3) is 3.85. The Morgan fingerprint density at radius 1 is 1.35 bits per heavy atom. The molecule has 1 saturated heterocycles. The predicted octanol–water partition coefficient (Wildman–Crippen LogP) is 4.34. The van der Waals surface area contributed by atoms with Crippen molar-refractivity contribution >= 4 is 32.9 Å². The van der Waals surface area contributed by atoms with Crippen LogP contribution < -0.4 is 0 Å². The first-order valence-electron chi connectivity index (χ1n) is 8.73. The molecule has 2 aromatic rings. The average Bonchev–Trinajstić information content (AvgIpc) is 2.90. The number of rotatable bonds is 2. The van der Waals surface area contributed by atoms with Crippen molar-refractivity contribution in [1.82, 2.24) is 14.7 Å². The quantitative estimate of drug-likeness (QED) is 0.726. The number of hydrogen-bond donors (Lipinski definition) is 0. The highest BCUT2D eigenvalue weighted by Gasteiger charge is 2.38. The van der Waals surface area contributed by atoms with Crippen LogP contribution in [0.2, 0.25) is 0 Å². The molecule has 1 fully saturated rings. The lowest BCUT2D eigenvalue weighted by atomic mass is 9.80. The molecule has 1 aromatic heterocycles. The minimum Gasteiger partial charge on any atom is -0.444 e. The maximum Gasteiger partial charge on any atom is 0.410 e. The molecule has 0 saturated carbocycles. The van der Waals surface area contributed by atoms with E-state index in [9.17, 15) is 10.1 Å². The van der Waals surface area contributed by atoms with Gasteiger partial charge in [-0.05, 0) is 55.6 Å². The molecule has 6 nitrogen and oxygen atoms in total. The molecule has 1 aromatic carbocycles. The van der Waals surface area contributed by atoms with Crippen molar-refractivity contribution in [3.63, 3.8) is 0 Å². The lowest BCUT2D eigenvalue weighted by Gasteiger charge is -2.37. The summed E-state index contributed by atoms with van der Waals surface area (Å²) in [7, 11) is 0. The van der Waals surface area contributed by atoms with E-state index in [-0.39, 0.29) is 6.09 Å². The Balaban J connectivity index is 1.74. The number of nitriles is 1. The van der Waals surface area contributed by atoms with Gasteiger partial charge in [0.1, 0.15) is 10.2 Å². The van der Waals surface area contributed by atoms with Gasteiger partial charge in [-0.2, -0.15) is 10.4 Å². The highest BCUT2D eigenvalue weighted by Crippen LogP contribution is 2.35. The number of para-hydroxylation sites is 1. The van der Waals surface area contributed by atoms with Crippen molar-refractivity contribution in [1.29, 1.82) is 5.26 Å². The van der Waals surface area contributed by atoms with Crippen LogP contribution >= 0.6 is 15.9 Å². The Bertz CT molecular complexity index is 855. The molecule has 0 radical (unpaired) electrons. The largest absolute Gasteiger partial charge is 0.444 e. The Morgan fingerprint density at radius 3 is 2.62 bits per heavy atom. The fraction of sp³-hybridized carbons (Fsp3) is 0.526. The first-order valence-corrected chi connectivity index (χ1v) is 9.53. The zero-order valence-electron chi connectivity index (χ0n) is 15.3. The zero-order valence-corrected chi connectivity index (χ0v) is 16.9. The molecule has 2 heterocycles. The molecule has 1 amide bonds. The molecule has 0 aliphatic carbocycles. The van der Waals surface area contributed by atoms with Gasteiger partial charge in [-0.25, -0.2) is 4.79 Å². The van der Waals surface area contributed by atoms with Crippen LogP contribution in [0, 0.1) is 16.7 Å². The molecule has 26 heavy (non-hydrogen) atoms. The number of likely N-dealkylation sites (tertiary alicyclic amines) is 1. The number of hydrogen-bond acceptors (Lipinski definition) is 4. The minimum atomic E-state index is -0.535. The summed E-state index contributed by atoms with van der Waals surface area (Å²) in [6.45, 7) is 7.11. The van der Waals surface area contributed by atoms with E-state index in [0.29, 0.717) is 32.5 Å². The van der Waals surface area contributed by atoms with E-state index in [1.165, 1.54) is 0 Å². The van der Waals surface area contributed by atoms with Crippen LogP contribution in [-0.2, 0) is 11.3 Å². The molecule has 138 valence electrons. The number of fused-ring (bicyclic) bond motifs is 1. The first kappa shape index (κ1) is 18.7. The van der Waals surface area contributed by atoms with Gasteiger partial charge in [0.2, 0.25) is 0 Å². The normalized spacial score (nSPS) is 17.1. The summed E-state index contributed by atoms with van der Waals surface area (Å²) in [5.41, 5.74) is -0.0445. The fourth-order valence-corrected chi connectivity index (χ4v) is 3.77. The number of ether oxygens (including phenoxy) is 1. The van der Waals surface area contributed by atoms with Gasteiger partial charge >= 0.3 is 6.09 Å². The number of benzene rings is 1. The number of halogens is 1. The second kappa shape index (κ2) is 6.92. The van der Waals surface area contributed by atoms with Crippen LogP contribution in [0.1, 0.15) is 33.6 Å². The predicted molar refractivity (Wildman–Crippen MR) is 103 cm³/mol. The summed E-state index contributed by atoms with van der Waals surface area (Å²) < 4.78 is 8.12. The summed E-state index contributed by atoms with van der Waals surface area (Å²) in [5.74, 6) is 0. The monoisotopic (exact) mass is 418 g/mol. The molecule has 0 unspecified atom stereocenters. The molecule has 0 bridgehead atoms. The van der Waals surface area contributed by atoms with Crippen molar-refractivity contribution in [3.05, 3.63) is 28.9 Å². The summed E-state index contributed by atoms with van der Waals surface area (Å²) in [6, 6.07) is 10.4. The van der Waals surface area contributed by atoms with Crippen molar-refractivity contribution in [2.45, 2.75) is 45.8 Å². The van der Waals surface area contributed by atoms with E-state index >= 15 is 0 Å². The van der Waals surface area contributed by atoms with Crippen LogP contribution in [0.15, 0.2) is 28.9 Å². The SMILES string of the molecule is CC(C)(C)OC(=O)N1CCC(C#N)(Cn2nc(Br)c3ccccc32)CC1. The Kier molecular flexibility index (Phi) is 4.98. The Hall–Kier alpha value is -2.07. The van der Waals surface area contributed by atoms with Gasteiger partial charge in [-0.15, -0.1) is 0 Å². The van der Waals surface area contributed by atoms with E-state index < -0.39 is 11.0 Å². The number of aromatic nitrogens is 2. The van der Waals surface area contributed by atoms with Crippen LogP contribution in [-0.4, -0.2) is 39.5 Å². The van der Waals surface area contributed by atoms with Gasteiger partial charge in [0.05, 0.1) is 23.5 Å². The lowest BCUT2D eigenvalue weighted by Crippen LogP contribution is -2.46. The van der Waals surface area contributed by atoms with Gasteiger partial charge in [-0.3, -0.25) is 4.68 Å². The van der Waals surface area contributed by atoms with Gasteiger partial charge in [0, 0.05) is 18.5 Å². The Labute approximate surface area is 161 Å². The second-order valence-electron chi connectivity index (χ2n) is 7.83. The number of carbonyl (C=O) groups is 1. The van der Waals surface area contributed by atoms with Crippen LogP contribution in [0.25, 0.3) is 10.9 Å². The topological polar surface area (TPSA) is 71.2 Å². The van der Waals surface area contributed by atoms with E-state index in [1.807, 2.05) is 49.7 Å². The molecule has 1 aliphatic rings. The Morgan fingerprint density at radius 2 is 2.00 bits per heavy atom. The van der Waals surface area contributed by atoms with Crippen molar-refractivity contribution in [3.8, 4) is 6.07 Å². The van der Waals surface area contributed by atoms with Gasteiger partial charge in [0.15, 0.2) is 0 Å². The number of carbonyl (C=O) groups excluding carboxylic acids is 1. The van der Waals surface area contributed by atoms with E-state index in [1.54, 1.807) is 4.90 Å². The summed E-state index contributed by atoms with van der Waals surface area (Å²) >= 11 is 3.49. The van der Waals surface area contributed by atoms with Crippen LogP contribution in [0.3, 0.4) is 0 Å². The molecule has 0 spiro atoms. The smallest absolute Gasteiger partial charge is 0.410 e. The number of amides is 1. The maximum atomic E-state index is 12.2. The van der Waals surface area contributed by atoms with E-state index in [2.05, 4.69) is 27.1 Å². The molecule has 3 rings (SSSR count). The lowest BCUT2D eigenvalue weighted by molar-refractivity contribution is 0.0135. The van der Waals surface area contributed by atoms with Gasteiger partial charge in [0.25, 0.3) is 0 Å². The average molecular weight is 419 g/mol. The summed E-state index contributed by atoms with van der Waals surface area (Å²) in [4.78, 5) is 13.9. The minimum absolute atomic E-state index is 0.309. The van der Waals surface area contributed by atoms with E-state index in [0.717, 1.165) is 15.5 Å². The van der Waals surface area contributed by atoms with Crippen LogP contribution in [0.4, 0.5) is 4.79 Å². The van der Waals surface area contributed by atoms with Crippen molar-refractivity contribution < 1.29 is 9.53 Å². The van der Waals surface area contributed by atoms with E-state index in [4.69, 9.17) is 4.74 Å². The molecular formula is C19H23BrN4O2. The van der Waals surface area contributed by atoms with Gasteiger partial charge in [-0.1, -0.05) is 18.2 Å². The highest BCUT2D eigenvalue weighted by atomic mass is 79.9. The molecule has 0 N–H and O–H groups in total. The first-order chi connectivity index (χ1) is 12.2. The zero-order chi connectivity index (χ0) is 18.9. The third-order valence-corrected chi connectivity index (χ3v) is 5.26. The number of piperidine rings is 1. The fourth-order valence-electron chi connectivity index (χ4n) is 3.24. The van der Waals surface area contributed by atoms with Gasteiger partial charge < -0.3 is 9.64 Å². The van der Waals surface area contributed by atoms with Crippen molar-refractivity contribution in [2.24, 2.45) is 5.41 Å². The standard InChI is InChI=1S/C19H23BrN4O2/c1-18(2,3)26-17(25)23-10-8-19(12-21,9-11-23)13-24-15-7-5-4-6-14(15)16(20)22-24/h4-7H,8-11,13H2,1-3H3. The number of nitrogens with zero attached hydrogens (tertiary/aromatic N) is 4. The van der Waals surface area contributed by atoms with Crippen LogP contribution in [0.5, 0.6) is 0 Å². The molecule has 1 aliphatic heterocycles. The summed E-state index contributed by atoms with van der Waals surface area (Å²) in [6.07, 6.45) is 0.902. The summed E-state index contributed by atoms with van der Waals surface area (Å²) in [5, 5.41) is 15.4. The highest BCUT2D eigenvalue weighted by molar-refractivity contribution is 9.10. The molecule has 0 atom stereocenters. The van der Waals surface area contributed by atoms with Crippen molar-refractivity contribution in [2.75, 3.05) is 13.1 Å². The maximum absolute atomic E-state index is 12.2.